The van der Waals surface area contributed by atoms with Crippen LogP contribution in [0.2, 0.25) is 0 Å². The van der Waals surface area contributed by atoms with E-state index in [0.29, 0.717) is 22.3 Å². The zero-order valence-corrected chi connectivity index (χ0v) is 12.4. The average Bonchev–Trinajstić information content (AvgIpc) is 2.56. The van der Waals surface area contributed by atoms with Gasteiger partial charge in [-0.1, -0.05) is 30.3 Å². The van der Waals surface area contributed by atoms with E-state index in [1.165, 1.54) is 0 Å². The van der Waals surface area contributed by atoms with Crippen LogP contribution in [0.5, 0.6) is 0 Å². The van der Waals surface area contributed by atoms with Gasteiger partial charge in [-0.2, -0.15) is 0 Å². The summed E-state index contributed by atoms with van der Waals surface area (Å²) in [7, 11) is 1.68. The first-order chi connectivity index (χ1) is 11.2. The summed E-state index contributed by atoms with van der Waals surface area (Å²) in [6, 6.07) is 15.6. The molecule has 0 saturated heterocycles. The fourth-order valence-corrected chi connectivity index (χ4v) is 2.32. The number of carbonyl (C=O) groups is 1. The van der Waals surface area contributed by atoms with Crippen molar-refractivity contribution in [3.8, 4) is 0 Å². The van der Waals surface area contributed by atoms with Gasteiger partial charge in [-0.05, 0) is 24.3 Å². The van der Waals surface area contributed by atoms with Crippen LogP contribution in [0.4, 0.5) is 21.9 Å². The monoisotopic (exact) mass is 309 g/mol. The summed E-state index contributed by atoms with van der Waals surface area (Å²) >= 11 is 0. The zero-order valence-electron chi connectivity index (χ0n) is 12.4. The van der Waals surface area contributed by atoms with Gasteiger partial charge in [0.1, 0.15) is 5.58 Å². The fourth-order valence-electron chi connectivity index (χ4n) is 2.32. The summed E-state index contributed by atoms with van der Waals surface area (Å²) in [6.45, 7) is 0. The summed E-state index contributed by atoms with van der Waals surface area (Å²) < 4.78 is 5.25. The number of hydrogen-bond donors (Lipinski definition) is 3. The summed E-state index contributed by atoms with van der Waals surface area (Å²) in [5.74, 6) is 0. The maximum atomic E-state index is 12.2. The second kappa shape index (κ2) is 6.23. The van der Waals surface area contributed by atoms with Gasteiger partial charge in [0, 0.05) is 18.1 Å². The summed E-state index contributed by atoms with van der Waals surface area (Å²) in [5, 5.41) is 8.87. The molecule has 0 saturated carbocycles. The van der Waals surface area contributed by atoms with Gasteiger partial charge in [0.25, 0.3) is 0 Å². The third kappa shape index (κ3) is 3.01. The van der Waals surface area contributed by atoms with Crippen LogP contribution in [0.15, 0.2) is 63.8 Å². The maximum absolute atomic E-state index is 12.2. The number of fused-ring (bicyclic) bond motifs is 1. The molecule has 116 valence electrons. The Labute approximate surface area is 132 Å². The van der Waals surface area contributed by atoms with Crippen LogP contribution in [-0.4, -0.2) is 13.1 Å². The van der Waals surface area contributed by atoms with E-state index < -0.39 is 11.7 Å². The molecule has 6 nitrogen and oxygen atoms in total. The van der Waals surface area contributed by atoms with Gasteiger partial charge in [0.15, 0.2) is 5.69 Å². The van der Waals surface area contributed by atoms with Crippen molar-refractivity contribution < 1.29 is 9.21 Å². The molecule has 1 heterocycles. The molecule has 0 atom stereocenters. The molecule has 1 aromatic heterocycles. The van der Waals surface area contributed by atoms with Crippen molar-refractivity contribution in [2.45, 2.75) is 0 Å². The Hall–Kier alpha value is -3.28. The second-order valence-electron chi connectivity index (χ2n) is 4.83. The van der Waals surface area contributed by atoms with Crippen LogP contribution in [0.1, 0.15) is 0 Å². The normalized spacial score (nSPS) is 10.3. The number of benzene rings is 2. The molecule has 0 bridgehead atoms. The molecule has 23 heavy (non-hydrogen) atoms. The van der Waals surface area contributed by atoms with E-state index in [1.807, 2.05) is 18.2 Å². The molecule has 0 fully saturated rings. The minimum atomic E-state index is -0.615. The highest BCUT2D eigenvalue weighted by Crippen LogP contribution is 2.28. The Kier molecular flexibility index (Phi) is 3.97. The Bertz CT molecular complexity index is 904. The molecule has 0 unspecified atom stereocenters. The van der Waals surface area contributed by atoms with Crippen LogP contribution in [0.25, 0.3) is 11.0 Å². The molecular formula is C17H15N3O3. The van der Waals surface area contributed by atoms with E-state index in [9.17, 15) is 9.59 Å². The number of para-hydroxylation sites is 2. The first kappa shape index (κ1) is 14.6. The Morgan fingerprint density at radius 3 is 2.35 bits per heavy atom. The minimum absolute atomic E-state index is 0.0691. The standard InChI is InChI=1S/C17H15N3O3/c1-18-14-12-9-5-6-10-13(12)23-16(21)15(14)20-17(22)19-11-7-3-2-4-8-11/h2-10,18H,1H3,(H2,19,20,22). The lowest BCUT2D eigenvalue weighted by molar-refractivity contribution is 0.262. The van der Waals surface area contributed by atoms with Crippen molar-refractivity contribution in [1.29, 1.82) is 0 Å². The van der Waals surface area contributed by atoms with Gasteiger partial charge in [-0.25, -0.2) is 9.59 Å². The third-order valence-electron chi connectivity index (χ3n) is 3.33. The van der Waals surface area contributed by atoms with E-state index in [4.69, 9.17) is 4.42 Å². The second-order valence-corrected chi connectivity index (χ2v) is 4.83. The lowest BCUT2D eigenvalue weighted by atomic mass is 10.2. The predicted octanol–water partition coefficient (Wildman–Crippen LogP) is 3.48. The van der Waals surface area contributed by atoms with E-state index in [1.54, 1.807) is 43.4 Å². The van der Waals surface area contributed by atoms with E-state index in [2.05, 4.69) is 16.0 Å². The van der Waals surface area contributed by atoms with Crippen LogP contribution in [0, 0.1) is 0 Å². The van der Waals surface area contributed by atoms with Crippen molar-refractivity contribution in [3.63, 3.8) is 0 Å². The number of nitrogens with one attached hydrogen (secondary N) is 3. The smallest absolute Gasteiger partial charge is 0.362 e. The quantitative estimate of drug-likeness (QED) is 0.647. The molecule has 2 amide bonds. The van der Waals surface area contributed by atoms with Gasteiger partial charge >= 0.3 is 11.7 Å². The van der Waals surface area contributed by atoms with Crippen molar-refractivity contribution in [3.05, 3.63) is 65.0 Å². The summed E-state index contributed by atoms with van der Waals surface area (Å²) in [4.78, 5) is 24.3. The fraction of sp³-hybridized carbons (Fsp3) is 0.0588. The van der Waals surface area contributed by atoms with Crippen LogP contribution < -0.4 is 21.6 Å². The highest BCUT2D eigenvalue weighted by Gasteiger charge is 2.15. The number of urea groups is 1. The molecule has 3 aromatic rings. The molecule has 0 aliphatic heterocycles. The minimum Gasteiger partial charge on any atom is -0.421 e. The molecule has 0 radical (unpaired) electrons. The molecule has 0 aliphatic rings. The topological polar surface area (TPSA) is 83.4 Å². The van der Waals surface area contributed by atoms with Crippen molar-refractivity contribution >= 4 is 34.1 Å². The van der Waals surface area contributed by atoms with Crippen molar-refractivity contribution in [2.24, 2.45) is 0 Å². The molecule has 6 heteroatoms. The highest BCUT2D eigenvalue weighted by molar-refractivity contribution is 6.05. The van der Waals surface area contributed by atoms with Gasteiger partial charge in [0.2, 0.25) is 0 Å². The number of amides is 2. The molecule has 3 rings (SSSR count). The Balaban J connectivity index is 1.95. The summed E-state index contributed by atoms with van der Waals surface area (Å²) in [6.07, 6.45) is 0. The first-order valence-electron chi connectivity index (χ1n) is 7.05. The molecule has 3 N–H and O–H groups in total. The third-order valence-corrected chi connectivity index (χ3v) is 3.33. The van der Waals surface area contributed by atoms with Gasteiger partial charge in [-0.15, -0.1) is 0 Å². The first-order valence-corrected chi connectivity index (χ1v) is 7.05. The molecule has 2 aromatic carbocycles. The van der Waals surface area contributed by atoms with Gasteiger partial charge in [0.05, 0.1) is 5.69 Å². The van der Waals surface area contributed by atoms with Crippen LogP contribution in [0.3, 0.4) is 0 Å². The lowest BCUT2D eigenvalue weighted by Crippen LogP contribution is -2.24. The molecule has 0 aliphatic carbocycles. The summed E-state index contributed by atoms with van der Waals surface area (Å²) in [5.41, 5.74) is 1.05. The van der Waals surface area contributed by atoms with Crippen molar-refractivity contribution in [1.82, 2.24) is 0 Å². The Morgan fingerprint density at radius 2 is 1.61 bits per heavy atom. The van der Waals surface area contributed by atoms with Gasteiger partial charge in [-0.3, -0.25) is 5.32 Å². The van der Waals surface area contributed by atoms with E-state index in [-0.39, 0.29) is 5.69 Å². The predicted molar refractivity (Wildman–Crippen MR) is 91.1 cm³/mol. The SMILES string of the molecule is CNc1c(NC(=O)Nc2ccccc2)c(=O)oc2ccccc12. The van der Waals surface area contributed by atoms with Crippen LogP contribution >= 0.6 is 0 Å². The van der Waals surface area contributed by atoms with Crippen LogP contribution in [-0.2, 0) is 0 Å². The largest absolute Gasteiger partial charge is 0.421 e. The van der Waals surface area contributed by atoms with Gasteiger partial charge < -0.3 is 15.1 Å². The zero-order chi connectivity index (χ0) is 16.2. The lowest BCUT2D eigenvalue weighted by Gasteiger charge is -2.12. The number of rotatable bonds is 3. The molecular weight excluding hydrogens is 294 g/mol. The molecule has 0 spiro atoms. The Morgan fingerprint density at radius 1 is 0.913 bits per heavy atom. The number of hydrogen-bond acceptors (Lipinski definition) is 4. The van der Waals surface area contributed by atoms with Crippen molar-refractivity contribution in [2.75, 3.05) is 23.0 Å². The maximum Gasteiger partial charge on any atom is 0.362 e. The number of anilines is 3. The van der Waals surface area contributed by atoms with E-state index in [0.717, 1.165) is 0 Å². The van der Waals surface area contributed by atoms with E-state index >= 15 is 0 Å². The average molecular weight is 309 g/mol. The highest BCUT2D eigenvalue weighted by atomic mass is 16.4. The number of carbonyl (C=O) groups excluding carboxylic acids is 1.